The van der Waals surface area contributed by atoms with E-state index in [1.54, 1.807) is 11.0 Å². The molecule has 1 aromatic heterocycles. The molecule has 1 aliphatic heterocycles. The maximum absolute atomic E-state index is 12.9. The molecule has 0 aliphatic carbocycles. The lowest BCUT2D eigenvalue weighted by molar-refractivity contribution is -0.121. The molecular weight excluding hydrogens is 450 g/mol. The van der Waals surface area contributed by atoms with Gasteiger partial charge in [-0.15, -0.1) is 6.58 Å². The average Bonchev–Trinajstić information content (AvgIpc) is 3.32. The van der Waals surface area contributed by atoms with Crippen molar-refractivity contribution in [2.75, 3.05) is 6.54 Å². The summed E-state index contributed by atoms with van der Waals surface area (Å²) in [4.78, 5) is 15.0. The minimum atomic E-state index is -0.111. The first-order valence-corrected chi connectivity index (χ1v) is 11.9. The fourth-order valence-corrected chi connectivity index (χ4v) is 4.81. The second-order valence-corrected chi connectivity index (χ2v) is 9.62. The predicted octanol–water partition coefficient (Wildman–Crippen LogP) is 6.02. The second-order valence-electron chi connectivity index (χ2n) is 7.94. The van der Waals surface area contributed by atoms with E-state index in [4.69, 9.17) is 22.1 Å². The molecule has 1 saturated heterocycles. The molecule has 0 atom stereocenters. The van der Waals surface area contributed by atoms with Crippen molar-refractivity contribution in [3.63, 3.8) is 0 Å². The topological polar surface area (TPSA) is 47.4 Å². The Morgan fingerprint density at radius 3 is 2.64 bits per heavy atom. The molecule has 5 nitrogen and oxygen atoms in total. The molecule has 168 valence electrons. The first kappa shape index (κ1) is 23.0. The van der Waals surface area contributed by atoms with Crippen LogP contribution in [0.5, 0.6) is 5.75 Å². The van der Waals surface area contributed by atoms with Crippen LogP contribution in [0.15, 0.2) is 72.3 Å². The molecule has 1 aliphatic rings. The van der Waals surface area contributed by atoms with Gasteiger partial charge in [0, 0.05) is 23.9 Å². The Hall–Kier alpha value is -3.16. The first-order chi connectivity index (χ1) is 15.9. The van der Waals surface area contributed by atoms with Crippen LogP contribution in [0.2, 0.25) is 0 Å². The number of thioether (sulfide) groups is 1. The number of nitrogens with zero attached hydrogens (tertiary/aromatic N) is 3. The first-order valence-electron chi connectivity index (χ1n) is 10.7. The summed E-state index contributed by atoms with van der Waals surface area (Å²) in [7, 11) is 0. The van der Waals surface area contributed by atoms with E-state index in [9.17, 15) is 4.79 Å². The molecule has 2 heterocycles. The quantitative estimate of drug-likeness (QED) is 0.237. The van der Waals surface area contributed by atoms with Crippen molar-refractivity contribution in [1.29, 1.82) is 0 Å². The standard InChI is InChI=1S/C26H25N3O2S2/c1-5-13-28-25(30)23(33-26(28)32)15-20-16-29(21-9-7-6-8-10-21)27-24(20)19-11-12-22(18(4)14-19)31-17(2)3/h5-12,14-17H,1,13H2,2-4H3. The zero-order valence-corrected chi connectivity index (χ0v) is 20.5. The third-order valence-corrected chi connectivity index (χ3v) is 6.42. The molecule has 4 rings (SSSR count). The summed E-state index contributed by atoms with van der Waals surface area (Å²) in [6, 6.07) is 15.9. The lowest BCUT2D eigenvalue weighted by Gasteiger charge is -2.13. The summed E-state index contributed by atoms with van der Waals surface area (Å²) in [5.74, 6) is 0.739. The SMILES string of the molecule is C=CCN1C(=O)C(=Cc2cn(-c3ccccc3)nc2-c2ccc(OC(C)C)c(C)c2)SC1=S. The van der Waals surface area contributed by atoms with E-state index in [2.05, 4.69) is 12.6 Å². The highest BCUT2D eigenvalue weighted by atomic mass is 32.2. The number of hydrogen-bond acceptors (Lipinski definition) is 5. The predicted molar refractivity (Wildman–Crippen MR) is 140 cm³/mol. The van der Waals surface area contributed by atoms with E-state index in [1.165, 1.54) is 11.8 Å². The van der Waals surface area contributed by atoms with Gasteiger partial charge in [-0.1, -0.05) is 48.3 Å². The van der Waals surface area contributed by atoms with Gasteiger partial charge in [-0.3, -0.25) is 9.69 Å². The molecule has 7 heteroatoms. The number of amides is 1. The van der Waals surface area contributed by atoms with Gasteiger partial charge in [0.2, 0.25) is 0 Å². The zero-order valence-electron chi connectivity index (χ0n) is 18.8. The molecule has 0 radical (unpaired) electrons. The Morgan fingerprint density at radius 2 is 1.97 bits per heavy atom. The van der Waals surface area contributed by atoms with E-state index in [-0.39, 0.29) is 12.0 Å². The van der Waals surface area contributed by atoms with Crippen molar-refractivity contribution in [3.05, 3.63) is 83.4 Å². The van der Waals surface area contributed by atoms with Gasteiger partial charge in [0.05, 0.1) is 16.7 Å². The van der Waals surface area contributed by atoms with E-state index in [0.29, 0.717) is 15.8 Å². The van der Waals surface area contributed by atoms with Crippen LogP contribution in [-0.4, -0.2) is 37.6 Å². The van der Waals surface area contributed by atoms with Crippen LogP contribution in [0.25, 0.3) is 23.0 Å². The van der Waals surface area contributed by atoms with Crippen molar-refractivity contribution in [2.45, 2.75) is 26.9 Å². The van der Waals surface area contributed by atoms with Crippen molar-refractivity contribution < 1.29 is 9.53 Å². The minimum Gasteiger partial charge on any atom is -0.491 e. The molecule has 0 bridgehead atoms. The lowest BCUT2D eigenvalue weighted by Crippen LogP contribution is -2.27. The number of rotatable bonds is 7. The molecule has 0 unspecified atom stereocenters. The Kier molecular flexibility index (Phi) is 6.81. The van der Waals surface area contributed by atoms with Gasteiger partial charge in [-0.05, 0) is 62.7 Å². The van der Waals surface area contributed by atoms with Crippen molar-refractivity contribution in [3.8, 4) is 22.7 Å². The number of carbonyl (C=O) groups excluding carboxylic acids is 1. The maximum atomic E-state index is 12.9. The summed E-state index contributed by atoms with van der Waals surface area (Å²) in [6.07, 6.45) is 5.59. The number of para-hydroxylation sites is 1. The molecular formula is C26H25N3O2S2. The highest BCUT2D eigenvalue weighted by Crippen LogP contribution is 2.35. The smallest absolute Gasteiger partial charge is 0.266 e. The van der Waals surface area contributed by atoms with Gasteiger partial charge in [-0.25, -0.2) is 4.68 Å². The lowest BCUT2D eigenvalue weighted by atomic mass is 10.0. The number of ether oxygens (including phenoxy) is 1. The fourth-order valence-electron chi connectivity index (χ4n) is 3.54. The van der Waals surface area contributed by atoms with Gasteiger partial charge in [0.1, 0.15) is 15.8 Å². The Balaban J connectivity index is 1.79. The van der Waals surface area contributed by atoms with E-state index < -0.39 is 0 Å². The van der Waals surface area contributed by atoms with Crippen molar-refractivity contribution in [2.24, 2.45) is 0 Å². The van der Waals surface area contributed by atoms with Gasteiger partial charge in [-0.2, -0.15) is 5.10 Å². The number of aryl methyl sites for hydroxylation is 1. The molecule has 1 amide bonds. The largest absolute Gasteiger partial charge is 0.491 e. The van der Waals surface area contributed by atoms with E-state index in [0.717, 1.165) is 33.8 Å². The molecule has 3 aromatic rings. The third-order valence-electron chi connectivity index (χ3n) is 5.05. The number of carbonyl (C=O) groups is 1. The molecule has 0 saturated carbocycles. The average molecular weight is 476 g/mol. The molecule has 0 spiro atoms. The zero-order chi connectivity index (χ0) is 23.5. The van der Waals surface area contributed by atoms with Gasteiger partial charge in [0.15, 0.2) is 0 Å². The highest BCUT2D eigenvalue weighted by Gasteiger charge is 2.31. The van der Waals surface area contributed by atoms with Crippen LogP contribution in [0, 0.1) is 6.92 Å². The number of thiocarbonyl (C=S) groups is 1. The Morgan fingerprint density at radius 1 is 1.21 bits per heavy atom. The van der Waals surface area contributed by atoms with Crippen molar-refractivity contribution in [1.82, 2.24) is 14.7 Å². The highest BCUT2D eigenvalue weighted by molar-refractivity contribution is 8.26. The molecule has 0 N–H and O–H groups in total. The molecule has 2 aromatic carbocycles. The van der Waals surface area contributed by atoms with Gasteiger partial charge in [0.25, 0.3) is 5.91 Å². The van der Waals surface area contributed by atoms with Crippen LogP contribution < -0.4 is 4.74 Å². The van der Waals surface area contributed by atoms with Gasteiger partial charge < -0.3 is 4.74 Å². The number of aromatic nitrogens is 2. The van der Waals surface area contributed by atoms with Crippen LogP contribution in [-0.2, 0) is 4.79 Å². The van der Waals surface area contributed by atoms with Crippen molar-refractivity contribution >= 4 is 40.3 Å². The normalized spacial score (nSPS) is 15.0. The summed E-state index contributed by atoms with van der Waals surface area (Å²) < 4.78 is 8.26. The summed E-state index contributed by atoms with van der Waals surface area (Å²) in [6.45, 7) is 10.2. The number of benzene rings is 2. The van der Waals surface area contributed by atoms with E-state index >= 15 is 0 Å². The minimum absolute atomic E-state index is 0.0971. The fraction of sp³-hybridized carbons (Fsp3) is 0.192. The second kappa shape index (κ2) is 9.77. The monoisotopic (exact) mass is 475 g/mol. The number of hydrogen-bond donors (Lipinski definition) is 0. The van der Waals surface area contributed by atoms with Crippen LogP contribution >= 0.6 is 24.0 Å². The van der Waals surface area contributed by atoms with Crippen LogP contribution in [0.3, 0.4) is 0 Å². The van der Waals surface area contributed by atoms with Gasteiger partial charge >= 0.3 is 0 Å². The summed E-state index contributed by atoms with van der Waals surface area (Å²) in [5.41, 5.74) is 4.54. The Labute approximate surface area is 203 Å². The molecule has 1 fully saturated rings. The van der Waals surface area contributed by atoms with E-state index in [1.807, 2.05) is 80.2 Å². The third kappa shape index (κ3) is 4.94. The van der Waals surface area contributed by atoms with Crippen LogP contribution in [0.4, 0.5) is 0 Å². The summed E-state index contributed by atoms with van der Waals surface area (Å²) in [5, 5.41) is 4.87. The maximum Gasteiger partial charge on any atom is 0.266 e. The molecule has 33 heavy (non-hydrogen) atoms. The van der Waals surface area contributed by atoms with Crippen LogP contribution in [0.1, 0.15) is 25.0 Å². The summed E-state index contributed by atoms with van der Waals surface area (Å²) >= 11 is 6.70. The Bertz CT molecular complexity index is 1250.